The van der Waals surface area contributed by atoms with Gasteiger partial charge in [0.15, 0.2) is 11.7 Å². The molecule has 3 N–H and O–H groups in total. The minimum atomic E-state index is 0.407. The van der Waals surface area contributed by atoms with Crippen LogP contribution in [-0.2, 0) is 4.84 Å². The predicted octanol–water partition coefficient (Wildman–Crippen LogP) is 1.51. The molecule has 1 aliphatic rings. The van der Waals surface area contributed by atoms with Crippen molar-refractivity contribution in [2.75, 3.05) is 44.0 Å². The van der Waals surface area contributed by atoms with Crippen LogP contribution in [-0.4, -0.2) is 54.9 Å². The van der Waals surface area contributed by atoms with Crippen LogP contribution in [0.5, 0.6) is 0 Å². The second-order valence-corrected chi connectivity index (χ2v) is 5.58. The highest BCUT2D eigenvalue weighted by atomic mass is 16.7. The largest absolute Gasteiger partial charge is 0.365 e. The molecule has 0 amide bonds. The van der Waals surface area contributed by atoms with Crippen LogP contribution in [0, 0.1) is 0 Å². The third-order valence-corrected chi connectivity index (χ3v) is 3.78. The standard InChI is InChI=1S/C17H25N7O/c1-5-6-7-8-13(2)12-24-10-9-19-16-15(24)11-14(21-22-16)17(20-18)23(3)25-4/h5-8,11H,1,9-10,12,18H2,2-4H3,(H,19,22)/b7-6-,13-8+,20-17-. The summed E-state index contributed by atoms with van der Waals surface area (Å²) in [6.45, 7) is 8.23. The van der Waals surface area contributed by atoms with Gasteiger partial charge in [-0.25, -0.2) is 5.06 Å². The fourth-order valence-corrected chi connectivity index (χ4v) is 2.50. The van der Waals surface area contributed by atoms with E-state index in [9.17, 15) is 0 Å². The average Bonchev–Trinajstić information content (AvgIpc) is 2.62. The maximum atomic E-state index is 5.49. The second-order valence-electron chi connectivity index (χ2n) is 5.58. The number of rotatable bonds is 6. The van der Waals surface area contributed by atoms with Crippen molar-refractivity contribution in [3.63, 3.8) is 0 Å². The molecule has 8 heteroatoms. The zero-order valence-corrected chi connectivity index (χ0v) is 14.9. The van der Waals surface area contributed by atoms with Crippen LogP contribution in [0.1, 0.15) is 12.6 Å². The molecule has 0 saturated carbocycles. The molecule has 0 fully saturated rings. The molecule has 0 saturated heterocycles. The molecule has 2 rings (SSSR count). The van der Waals surface area contributed by atoms with Gasteiger partial charge >= 0.3 is 0 Å². The summed E-state index contributed by atoms with van der Waals surface area (Å²) >= 11 is 0. The summed E-state index contributed by atoms with van der Waals surface area (Å²) in [5.74, 6) is 6.64. The van der Waals surface area contributed by atoms with Gasteiger partial charge in [0, 0.05) is 26.7 Å². The van der Waals surface area contributed by atoms with Crippen molar-refractivity contribution in [3.8, 4) is 0 Å². The highest BCUT2D eigenvalue weighted by molar-refractivity contribution is 5.97. The third kappa shape index (κ3) is 4.57. The lowest BCUT2D eigenvalue weighted by Gasteiger charge is -2.31. The van der Waals surface area contributed by atoms with Crippen LogP contribution in [0.2, 0.25) is 0 Å². The molecule has 0 radical (unpaired) electrons. The van der Waals surface area contributed by atoms with Crippen molar-refractivity contribution in [1.82, 2.24) is 15.3 Å². The van der Waals surface area contributed by atoms with E-state index in [4.69, 9.17) is 10.7 Å². The number of amidine groups is 1. The summed E-state index contributed by atoms with van der Waals surface area (Å²) in [4.78, 5) is 7.40. The van der Waals surface area contributed by atoms with Crippen LogP contribution in [0.15, 0.2) is 47.6 Å². The summed E-state index contributed by atoms with van der Waals surface area (Å²) in [5.41, 5.74) is 2.74. The SMILES string of the molecule is C=C/C=C\C=C(/C)CN1CCNc2nnc(/C(=N/N)N(C)OC)cc21. The molecule has 1 aromatic rings. The van der Waals surface area contributed by atoms with Gasteiger partial charge in [0.25, 0.3) is 0 Å². The molecule has 25 heavy (non-hydrogen) atoms. The first-order valence-corrected chi connectivity index (χ1v) is 7.98. The number of hydroxylamine groups is 2. The minimum absolute atomic E-state index is 0.407. The summed E-state index contributed by atoms with van der Waals surface area (Å²) in [5, 5.41) is 16.9. The van der Waals surface area contributed by atoms with Gasteiger partial charge in [-0.1, -0.05) is 36.5 Å². The van der Waals surface area contributed by atoms with Gasteiger partial charge in [-0.15, -0.1) is 10.2 Å². The summed E-state index contributed by atoms with van der Waals surface area (Å²) in [6.07, 6.45) is 7.72. The van der Waals surface area contributed by atoms with Crippen molar-refractivity contribution in [2.24, 2.45) is 10.9 Å². The number of nitrogens with two attached hydrogens (primary N) is 1. The van der Waals surface area contributed by atoms with E-state index in [1.807, 2.05) is 18.2 Å². The topological polar surface area (TPSA) is 91.9 Å². The molecule has 2 heterocycles. The van der Waals surface area contributed by atoms with E-state index >= 15 is 0 Å². The fourth-order valence-electron chi connectivity index (χ4n) is 2.50. The fraction of sp³-hybridized carbons (Fsp3) is 0.353. The van der Waals surface area contributed by atoms with E-state index in [0.717, 1.165) is 31.1 Å². The van der Waals surface area contributed by atoms with Gasteiger partial charge in [0.2, 0.25) is 0 Å². The van der Waals surface area contributed by atoms with Crippen LogP contribution >= 0.6 is 0 Å². The predicted molar refractivity (Wildman–Crippen MR) is 101 cm³/mol. The van der Waals surface area contributed by atoms with E-state index in [1.165, 1.54) is 17.7 Å². The van der Waals surface area contributed by atoms with Crippen LogP contribution < -0.4 is 16.1 Å². The Morgan fingerprint density at radius 1 is 1.52 bits per heavy atom. The Kier molecular flexibility index (Phi) is 6.53. The minimum Gasteiger partial charge on any atom is -0.365 e. The number of hydrogen-bond donors (Lipinski definition) is 2. The Balaban J connectivity index is 2.29. The highest BCUT2D eigenvalue weighted by Gasteiger charge is 2.21. The maximum Gasteiger partial charge on any atom is 0.199 e. The smallest absolute Gasteiger partial charge is 0.199 e. The Hall–Kier alpha value is -2.87. The molecule has 134 valence electrons. The average molecular weight is 343 g/mol. The van der Waals surface area contributed by atoms with Gasteiger partial charge in [0.05, 0.1) is 12.8 Å². The molecule has 1 aliphatic heterocycles. The zero-order valence-electron chi connectivity index (χ0n) is 14.9. The quantitative estimate of drug-likeness (QED) is 0.266. The monoisotopic (exact) mass is 343 g/mol. The Labute approximate surface area is 148 Å². The Morgan fingerprint density at radius 2 is 2.32 bits per heavy atom. The van der Waals surface area contributed by atoms with Crippen molar-refractivity contribution in [3.05, 3.63) is 48.2 Å². The lowest BCUT2D eigenvalue weighted by molar-refractivity contribution is -0.0415. The lowest BCUT2D eigenvalue weighted by atomic mass is 10.2. The molecular formula is C17H25N7O. The van der Waals surface area contributed by atoms with Gasteiger partial charge in [0.1, 0.15) is 5.69 Å². The molecule has 8 nitrogen and oxygen atoms in total. The van der Waals surface area contributed by atoms with Gasteiger partial charge in [-0.3, -0.25) is 4.84 Å². The third-order valence-electron chi connectivity index (χ3n) is 3.78. The molecular weight excluding hydrogens is 318 g/mol. The first-order chi connectivity index (χ1) is 12.1. The Morgan fingerprint density at radius 3 is 3.00 bits per heavy atom. The number of hydrogen-bond acceptors (Lipinski definition) is 7. The molecule has 0 aromatic carbocycles. The molecule has 0 bridgehead atoms. The summed E-state index contributed by atoms with van der Waals surface area (Å²) < 4.78 is 0. The van der Waals surface area contributed by atoms with E-state index in [0.29, 0.717) is 11.5 Å². The van der Waals surface area contributed by atoms with Crippen LogP contribution in [0.3, 0.4) is 0 Å². The van der Waals surface area contributed by atoms with Gasteiger partial charge < -0.3 is 16.1 Å². The van der Waals surface area contributed by atoms with Gasteiger partial charge in [-0.2, -0.15) is 5.10 Å². The normalized spacial score (nSPS) is 15.1. The Bertz CT molecular complexity index is 696. The van der Waals surface area contributed by atoms with Crippen molar-refractivity contribution in [2.45, 2.75) is 6.92 Å². The van der Waals surface area contributed by atoms with E-state index in [2.05, 4.69) is 45.1 Å². The maximum absolute atomic E-state index is 5.49. The number of aromatic nitrogens is 2. The van der Waals surface area contributed by atoms with Gasteiger partial charge in [-0.05, 0) is 13.0 Å². The number of allylic oxidation sites excluding steroid dienone is 4. The first kappa shape index (κ1) is 18.5. The van der Waals surface area contributed by atoms with Crippen molar-refractivity contribution in [1.29, 1.82) is 0 Å². The number of nitrogens with zero attached hydrogens (tertiary/aromatic N) is 5. The summed E-state index contributed by atoms with van der Waals surface area (Å²) in [7, 11) is 3.25. The molecule has 0 unspecified atom stereocenters. The van der Waals surface area contributed by atoms with Crippen LogP contribution in [0.25, 0.3) is 0 Å². The van der Waals surface area contributed by atoms with Crippen molar-refractivity contribution >= 4 is 17.3 Å². The van der Waals surface area contributed by atoms with E-state index < -0.39 is 0 Å². The first-order valence-electron chi connectivity index (χ1n) is 7.98. The van der Waals surface area contributed by atoms with E-state index in [1.54, 1.807) is 13.1 Å². The lowest BCUT2D eigenvalue weighted by Crippen LogP contribution is -2.36. The highest BCUT2D eigenvalue weighted by Crippen LogP contribution is 2.27. The summed E-state index contributed by atoms with van der Waals surface area (Å²) in [6, 6.07) is 1.92. The van der Waals surface area contributed by atoms with E-state index in [-0.39, 0.29) is 0 Å². The molecule has 1 aromatic heterocycles. The number of nitrogens with one attached hydrogen (secondary N) is 1. The number of fused-ring (bicyclic) bond motifs is 1. The molecule has 0 spiro atoms. The van der Waals surface area contributed by atoms with Crippen molar-refractivity contribution < 1.29 is 4.84 Å². The van der Waals surface area contributed by atoms with Crippen LogP contribution in [0.4, 0.5) is 11.5 Å². The second kappa shape index (κ2) is 8.84. The number of hydrazone groups is 1. The molecule has 0 atom stereocenters. The zero-order chi connectivity index (χ0) is 18.2. The molecule has 0 aliphatic carbocycles. The number of anilines is 2.